The number of hydrogen-bond acceptors (Lipinski definition) is 5. The highest BCUT2D eigenvalue weighted by Gasteiger charge is 2.34. The van der Waals surface area contributed by atoms with Crippen molar-refractivity contribution in [2.75, 3.05) is 16.8 Å². The van der Waals surface area contributed by atoms with E-state index in [1.807, 2.05) is 38.1 Å². The lowest BCUT2D eigenvalue weighted by Gasteiger charge is -2.28. The topological polar surface area (TPSA) is 87.7 Å². The number of ether oxygens (including phenoxy) is 1. The molecule has 2 N–H and O–H groups in total. The molecule has 176 valence electrons. The lowest BCUT2D eigenvalue weighted by atomic mass is 10.1. The van der Waals surface area contributed by atoms with E-state index >= 15 is 0 Å². The van der Waals surface area contributed by atoms with Crippen molar-refractivity contribution in [3.63, 3.8) is 0 Å². The summed E-state index contributed by atoms with van der Waals surface area (Å²) in [5.41, 5.74) is 3.98. The average Bonchev–Trinajstić information content (AvgIpc) is 2.84. The van der Waals surface area contributed by atoms with Crippen LogP contribution in [0.3, 0.4) is 0 Å². The van der Waals surface area contributed by atoms with E-state index in [9.17, 15) is 14.4 Å². The molecule has 0 aromatic heterocycles. The third-order valence-electron chi connectivity index (χ3n) is 5.45. The van der Waals surface area contributed by atoms with Crippen molar-refractivity contribution >= 4 is 52.5 Å². The highest BCUT2D eigenvalue weighted by molar-refractivity contribution is 7.80. The maximum atomic E-state index is 13.1. The van der Waals surface area contributed by atoms with Gasteiger partial charge in [-0.05, 0) is 85.2 Å². The summed E-state index contributed by atoms with van der Waals surface area (Å²) in [6, 6.07) is 21.3. The van der Waals surface area contributed by atoms with Crippen LogP contribution in [-0.2, 0) is 14.4 Å². The van der Waals surface area contributed by atoms with Gasteiger partial charge in [-0.15, -0.1) is 0 Å². The van der Waals surface area contributed by atoms with Crippen LogP contribution in [0.2, 0.25) is 0 Å². The smallest absolute Gasteiger partial charge is 0.270 e. The Morgan fingerprint density at radius 2 is 1.77 bits per heavy atom. The van der Waals surface area contributed by atoms with Crippen LogP contribution in [0.5, 0.6) is 5.75 Å². The molecule has 7 nitrogen and oxygen atoms in total. The van der Waals surface area contributed by atoms with Crippen LogP contribution in [-0.4, -0.2) is 29.4 Å². The van der Waals surface area contributed by atoms with Crippen molar-refractivity contribution in [2.45, 2.75) is 13.8 Å². The van der Waals surface area contributed by atoms with Gasteiger partial charge in [-0.2, -0.15) is 0 Å². The highest BCUT2D eigenvalue weighted by Crippen LogP contribution is 2.23. The summed E-state index contributed by atoms with van der Waals surface area (Å²) in [4.78, 5) is 39.2. The molecule has 35 heavy (non-hydrogen) atoms. The number of carbonyl (C=O) groups is 3. The Balaban J connectivity index is 1.46. The van der Waals surface area contributed by atoms with E-state index in [2.05, 4.69) is 10.6 Å². The summed E-state index contributed by atoms with van der Waals surface area (Å²) in [5.74, 6) is -0.977. The number of aryl methyl sites for hydroxylation is 2. The second-order valence-corrected chi connectivity index (χ2v) is 8.39. The van der Waals surface area contributed by atoms with Gasteiger partial charge >= 0.3 is 0 Å². The lowest BCUT2D eigenvalue weighted by Crippen LogP contribution is -2.54. The Labute approximate surface area is 208 Å². The number of nitrogens with one attached hydrogen (secondary N) is 2. The molecule has 8 heteroatoms. The summed E-state index contributed by atoms with van der Waals surface area (Å²) in [6.07, 6.45) is 1.47. The van der Waals surface area contributed by atoms with E-state index in [-0.39, 0.29) is 23.2 Å². The van der Waals surface area contributed by atoms with E-state index in [0.29, 0.717) is 22.7 Å². The van der Waals surface area contributed by atoms with E-state index in [4.69, 9.17) is 17.0 Å². The molecule has 3 amide bonds. The Kier molecular flexibility index (Phi) is 7.03. The molecule has 0 radical (unpaired) electrons. The third-order valence-corrected chi connectivity index (χ3v) is 5.73. The summed E-state index contributed by atoms with van der Waals surface area (Å²) < 4.78 is 5.63. The molecule has 0 spiro atoms. The summed E-state index contributed by atoms with van der Waals surface area (Å²) in [6.45, 7) is 3.79. The second-order valence-electron chi connectivity index (χ2n) is 8.00. The monoisotopic (exact) mass is 485 g/mol. The molecule has 0 aliphatic carbocycles. The van der Waals surface area contributed by atoms with Crippen LogP contribution in [0.15, 0.2) is 78.4 Å². The van der Waals surface area contributed by atoms with Gasteiger partial charge in [0.2, 0.25) is 0 Å². The minimum Gasteiger partial charge on any atom is -0.484 e. The standard InChI is InChI=1S/C27H23N3O4S/c1-17-11-12-20(13-18(17)2)28-24(31)16-34-22-10-6-7-19(14-22)15-23-25(32)29-27(35)30(26(23)33)21-8-4-3-5-9-21/h3-15H,16H2,1-2H3,(H,28,31)(H,29,32,35)/b23-15-. The van der Waals surface area contributed by atoms with Crippen LogP contribution >= 0.6 is 12.2 Å². The van der Waals surface area contributed by atoms with Gasteiger partial charge in [0.25, 0.3) is 17.7 Å². The van der Waals surface area contributed by atoms with Gasteiger partial charge in [0.15, 0.2) is 11.7 Å². The van der Waals surface area contributed by atoms with Crippen molar-refractivity contribution < 1.29 is 19.1 Å². The fourth-order valence-electron chi connectivity index (χ4n) is 3.49. The van der Waals surface area contributed by atoms with Crippen molar-refractivity contribution in [3.8, 4) is 5.75 Å². The van der Waals surface area contributed by atoms with Crippen LogP contribution in [0.25, 0.3) is 6.08 Å². The van der Waals surface area contributed by atoms with Gasteiger partial charge in [0, 0.05) is 5.69 Å². The molecule has 3 aromatic rings. The fourth-order valence-corrected chi connectivity index (χ4v) is 3.78. The zero-order chi connectivity index (χ0) is 24.9. The molecule has 0 atom stereocenters. The maximum Gasteiger partial charge on any atom is 0.270 e. The van der Waals surface area contributed by atoms with Crippen molar-refractivity contribution in [1.29, 1.82) is 0 Å². The summed E-state index contributed by atoms with van der Waals surface area (Å²) in [7, 11) is 0. The zero-order valence-corrected chi connectivity index (χ0v) is 20.0. The molecule has 0 saturated carbocycles. The quantitative estimate of drug-likeness (QED) is 0.311. The molecule has 1 saturated heterocycles. The number of rotatable bonds is 6. The Bertz CT molecular complexity index is 1350. The van der Waals surface area contributed by atoms with E-state index in [1.54, 1.807) is 48.5 Å². The first-order valence-electron chi connectivity index (χ1n) is 10.9. The molecule has 1 heterocycles. The molecule has 1 fully saturated rings. The molecule has 1 aliphatic rings. The van der Waals surface area contributed by atoms with E-state index in [1.165, 1.54) is 11.0 Å². The number of nitrogens with zero attached hydrogens (tertiary/aromatic N) is 1. The molecule has 0 unspecified atom stereocenters. The largest absolute Gasteiger partial charge is 0.484 e. The first-order valence-corrected chi connectivity index (χ1v) is 11.3. The minimum atomic E-state index is -0.578. The Hall–Kier alpha value is -4.30. The minimum absolute atomic E-state index is 0.0233. The molecule has 1 aliphatic heterocycles. The number of amides is 3. The number of carbonyl (C=O) groups excluding carboxylic acids is 3. The predicted molar refractivity (Wildman–Crippen MR) is 139 cm³/mol. The van der Waals surface area contributed by atoms with Gasteiger partial charge in [-0.25, -0.2) is 0 Å². The molecular weight excluding hydrogens is 462 g/mol. The van der Waals surface area contributed by atoms with Crippen LogP contribution in [0, 0.1) is 13.8 Å². The zero-order valence-electron chi connectivity index (χ0n) is 19.2. The SMILES string of the molecule is Cc1ccc(NC(=O)COc2cccc(/C=C3/C(=O)NC(=S)N(c4ccccc4)C3=O)c2)cc1C. The van der Waals surface area contributed by atoms with Gasteiger partial charge in [0.1, 0.15) is 11.3 Å². The first kappa shape index (κ1) is 23.8. The lowest BCUT2D eigenvalue weighted by molar-refractivity contribution is -0.122. The number of hydrogen-bond donors (Lipinski definition) is 2. The highest BCUT2D eigenvalue weighted by atomic mass is 32.1. The van der Waals surface area contributed by atoms with Gasteiger partial charge in [-0.3, -0.25) is 24.6 Å². The van der Waals surface area contributed by atoms with Crippen molar-refractivity contribution in [3.05, 3.63) is 95.1 Å². The normalized spacial score (nSPS) is 14.6. The average molecular weight is 486 g/mol. The number of para-hydroxylation sites is 1. The predicted octanol–water partition coefficient (Wildman–Crippen LogP) is 4.15. The van der Waals surface area contributed by atoms with E-state index in [0.717, 1.165) is 11.1 Å². The second kappa shape index (κ2) is 10.3. The maximum absolute atomic E-state index is 13.1. The molecule has 4 rings (SSSR count). The number of anilines is 2. The number of thiocarbonyl (C=S) groups is 1. The van der Waals surface area contributed by atoms with Gasteiger partial charge in [-0.1, -0.05) is 36.4 Å². The van der Waals surface area contributed by atoms with Crippen molar-refractivity contribution in [2.24, 2.45) is 0 Å². The van der Waals surface area contributed by atoms with Gasteiger partial charge in [0.05, 0.1) is 5.69 Å². The third kappa shape index (κ3) is 5.62. The van der Waals surface area contributed by atoms with Crippen LogP contribution in [0.4, 0.5) is 11.4 Å². The number of benzene rings is 3. The molecular formula is C27H23N3O4S. The first-order chi connectivity index (χ1) is 16.8. The van der Waals surface area contributed by atoms with Crippen molar-refractivity contribution in [1.82, 2.24) is 5.32 Å². The fraction of sp³-hybridized carbons (Fsp3) is 0.111. The Morgan fingerprint density at radius 3 is 2.51 bits per heavy atom. The van der Waals surface area contributed by atoms with Gasteiger partial charge < -0.3 is 10.1 Å². The Morgan fingerprint density at radius 1 is 1.00 bits per heavy atom. The summed E-state index contributed by atoms with van der Waals surface area (Å²) >= 11 is 5.21. The van der Waals surface area contributed by atoms with E-state index < -0.39 is 11.8 Å². The summed E-state index contributed by atoms with van der Waals surface area (Å²) in [5, 5.41) is 5.39. The van der Waals surface area contributed by atoms with Crippen LogP contribution < -0.4 is 20.3 Å². The molecule has 3 aromatic carbocycles. The van der Waals surface area contributed by atoms with Crippen LogP contribution in [0.1, 0.15) is 16.7 Å². The molecule has 0 bridgehead atoms.